The van der Waals surface area contributed by atoms with E-state index in [0.29, 0.717) is 18.8 Å². The molecule has 0 aliphatic carbocycles. The van der Waals surface area contributed by atoms with Crippen LogP contribution in [-0.2, 0) is 16.0 Å². The van der Waals surface area contributed by atoms with E-state index in [1.165, 1.54) is 0 Å². The monoisotopic (exact) mass is 377 g/mol. The van der Waals surface area contributed by atoms with Crippen LogP contribution in [0, 0.1) is 5.92 Å². The molecule has 28 heavy (non-hydrogen) atoms. The lowest BCUT2D eigenvalue weighted by atomic mass is 10.1. The highest BCUT2D eigenvalue weighted by atomic mass is 16.5. The Balaban J connectivity index is 1.53. The van der Waals surface area contributed by atoms with E-state index in [1.54, 1.807) is 0 Å². The van der Waals surface area contributed by atoms with E-state index >= 15 is 0 Å². The van der Waals surface area contributed by atoms with Crippen LogP contribution in [-0.4, -0.2) is 46.7 Å². The van der Waals surface area contributed by atoms with Gasteiger partial charge in [-0.15, -0.1) is 0 Å². The molecule has 1 aliphatic heterocycles. The second-order valence-electron chi connectivity index (χ2n) is 7.35. The number of aromatic nitrogens is 2. The molecular formula is C23H27N3O2. The molecule has 0 bridgehead atoms. The van der Waals surface area contributed by atoms with Gasteiger partial charge in [-0.2, -0.15) is 0 Å². The van der Waals surface area contributed by atoms with Crippen LogP contribution >= 0.6 is 0 Å². The summed E-state index contributed by atoms with van der Waals surface area (Å²) in [6, 6.07) is 18.4. The number of amides is 1. The Kier molecular flexibility index (Phi) is 5.72. The summed E-state index contributed by atoms with van der Waals surface area (Å²) in [6.07, 6.45) is 2.14. The van der Waals surface area contributed by atoms with Gasteiger partial charge in [0, 0.05) is 44.1 Å². The van der Waals surface area contributed by atoms with Crippen LogP contribution in [0.1, 0.15) is 25.6 Å². The van der Waals surface area contributed by atoms with Gasteiger partial charge in [-0.25, -0.2) is 4.98 Å². The van der Waals surface area contributed by atoms with Crippen LogP contribution in [0.3, 0.4) is 0 Å². The number of imidazole rings is 1. The van der Waals surface area contributed by atoms with E-state index in [1.807, 2.05) is 48.2 Å². The molecule has 2 aromatic carbocycles. The maximum atomic E-state index is 12.8. The van der Waals surface area contributed by atoms with Crippen molar-refractivity contribution in [3.05, 3.63) is 60.4 Å². The molecule has 0 spiro atoms. The Labute approximate surface area is 165 Å². The van der Waals surface area contributed by atoms with Crippen LogP contribution in [0.4, 0.5) is 0 Å². The third kappa shape index (κ3) is 3.94. The maximum absolute atomic E-state index is 12.8. The smallest absolute Gasteiger partial charge is 0.223 e. The van der Waals surface area contributed by atoms with Crippen molar-refractivity contribution in [1.82, 2.24) is 14.5 Å². The summed E-state index contributed by atoms with van der Waals surface area (Å²) in [6.45, 7) is 5.17. The first kappa shape index (κ1) is 18.7. The molecule has 1 aliphatic rings. The highest BCUT2D eigenvalue weighted by molar-refractivity contribution is 5.79. The summed E-state index contributed by atoms with van der Waals surface area (Å²) in [5, 5.41) is 0. The van der Waals surface area contributed by atoms with Crippen molar-refractivity contribution in [2.75, 3.05) is 26.3 Å². The predicted octanol–water partition coefficient (Wildman–Crippen LogP) is 3.84. The molecule has 5 nitrogen and oxygen atoms in total. The summed E-state index contributed by atoms with van der Waals surface area (Å²) >= 11 is 0. The number of fused-ring (bicyclic) bond motifs is 1. The largest absolute Gasteiger partial charge is 0.381 e. The Hall–Kier alpha value is -2.66. The second-order valence-corrected chi connectivity index (χ2v) is 7.35. The SMILES string of the molecule is CCN(C[C@@H]1CCOC1)C(=O)CCc1nc2ccccc2n1-c1ccccc1. The number of hydrogen-bond acceptors (Lipinski definition) is 3. The first-order chi connectivity index (χ1) is 13.8. The molecule has 0 N–H and O–H groups in total. The number of carbonyl (C=O) groups excluding carboxylic acids is 1. The maximum Gasteiger partial charge on any atom is 0.223 e. The van der Waals surface area contributed by atoms with Crippen molar-refractivity contribution < 1.29 is 9.53 Å². The van der Waals surface area contributed by atoms with Crippen LogP contribution in [0.15, 0.2) is 54.6 Å². The van der Waals surface area contributed by atoms with Gasteiger partial charge in [-0.3, -0.25) is 9.36 Å². The molecule has 4 rings (SSSR count). The summed E-state index contributed by atoms with van der Waals surface area (Å²) in [4.78, 5) is 19.6. The van der Waals surface area contributed by atoms with E-state index in [0.717, 1.165) is 55.3 Å². The number of carbonyl (C=O) groups is 1. The summed E-state index contributed by atoms with van der Waals surface area (Å²) < 4.78 is 7.63. The molecule has 1 amide bonds. The van der Waals surface area contributed by atoms with E-state index < -0.39 is 0 Å². The molecule has 0 unspecified atom stereocenters. The predicted molar refractivity (Wildman–Crippen MR) is 111 cm³/mol. The Morgan fingerprint density at radius 2 is 1.96 bits per heavy atom. The number of hydrogen-bond donors (Lipinski definition) is 0. The van der Waals surface area contributed by atoms with Gasteiger partial charge in [-0.05, 0) is 37.6 Å². The lowest BCUT2D eigenvalue weighted by Crippen LogP contribution is -2.35. The minimum Gasteiger partial charge on any atom is -0.381 e. The number of benzene rings is 2. The zero-order valence-electron chi connectivity index (χ0n) is 16.4. The fourth-order valence-electron chi connectivity index (χ4n) is 3.93. The third-order valence-electron chi connectivity index (χ3n) is 5.44. The normalized spacial score (nSPS) is 16.5. The van der Waals surface area contributed by atoms with Crippen molar-refractivity contribution >= 4 is 16.9 Å². The molecule has 1 saturated heterocycles. The fourth-order valence-corrected chi connectivity index (χ4v) is 3.93. The number of rotatable bonds is 7. The van der Waals surface area contributed by atoms with E-state index in [9.17, 15) is 4.79 Å². The average Bonchev–Trinajstić information content (AvgIpc) is 3.38. The molecule has 146 valence electrons. The summed E-state index contributed by atoms with van der Waals surface area (Å²) in [5.41, 5.74) is 3.12. The average molecular weight is 377 g/mol. The van der Waals surface area contributed by atoms with Crippen LogP contribution < -0.4 is 0 Å². The molecule has 2 heterocycles. The van der Waals surface area contributed by atoms with Crippen molar-refractivity contribution in [2.24, 2.45) is 5.92 Å². The fraction of sp³-hybridized carbons (Fsp3) is 0.391. The molecule has 1 fully saturated rings. The zero-order chi connectivity index (χ0) is 19.3. The molecule has 5 heteroatoms. The number of nitrogens with zero attached hydrogens (tertiary/aromatic N) is 3. The van der Waals surface area contributed by atoms with Gasteiger partial charge in [0.2, 0.25) is 5.91 Å². The Morgan fingerprint density at radius 1 is 1.18 bits per heavy atom. The number of aryl methyl sites for hydroxylation is 1. The van der Waals surface area contributed by atoms with Gasteiger partial charge in [0.1, 0.15) is 5.82 Å². The van der Waals surface area contributed by atoms with Gasteiger partial charge < -0.3 is 9.64 Å². The highest BCUT2D eigenvalue weighted by Crippen LogP contribution is 2.22. The minimum absolute atomic E-state index is 0.195. The van der Waals surface area contributed by atoms with Gasteiger partial charge >= 0.3 is 0 Å². The minimum atomic E-state index is 0.195. The van der Waals surface area contributed by atoms with E-state index in [2.05, 4.69) is 22.8 Å². The summed E-state index contributed by atoms with van der Waals surface area (Å²) in [7, 11) is 0. The molecular weight excluding hydrogens is 350 g/mol. The second kappa shape index (κ2) is 8.57. The topological polar surface area (TPSA) is 47.4 Å². The molecule has 3 aromatic rings. The lowest BCUT2D eigenvalue weighted by Gasteiger charge is -2.23. The standard InChI is InChI=1S/C23H27N3O2/c1-2-25(16-18-14-15-28-17-18)23(27)13-12-22-24-20-10-6-7-11-21(20)26(22)19-8-4-3-5-9-19/h3-11,18H,2,12-17H2,1H3/t18-/m0/s1. The van der Waals surface area contributed by atoms with Crippen molar-refractivity contribution in [2.45, 2.75) is 26.2 Å². The van der Waals surface area contributed by atoms with Gasteiger partial charge in [0.25, 0.3) is 0 Å². The zero-order valence-corrected chi connectivity index (χ0v) is 16.4. The molecule has 0 saturated carbocycles. The first-order valence-electron chi connectivity index (χ1n) is 10.1. The number of para-hydroxylation sites is 3. The van der Waals surface area contributed by atoms with E-state index in [-0.39, 0.29) is 5.91 Å². The van der Waals surface area contributed by atoms with Crippen molar-refractivity contribution in [3.63, 3.8) is 0 Å². The van der Waals surface area contributed by atoms with Gasteiger partial charge in [-0.1, -0.05) is 30.3 Å². The summed E-state index contributed by atoms with van der Waals surface area (Å²) in [5.74, 6) is 1.60. The van der Waals surface area contributed by atoms with Crippen LogP contribution in [0.25, 0.3) is 16.7 Å². The Bertz CT molecular complexity index is 929. The van der Waals surface area contributed by atoms with E-state index in [4.69, 9.17) is 9.72 Å². The molecule has 1 atom stereocenters. The molecule has 1 aromatic heterocycles. The molecule has 0 radical (unpaired) electrons. The quantitative estimate of drug-likeness (QED) is 0.628. The first-order valence-corrected chi connectivity index (χ1v) is 10.1. The van der Waals surface area contributed by atoms with Gasteiger partial charge in [0.15, 0.2) is 0 Å². The van der Waals surface area contributed by atoms with Crippen LogP contribution in [0.5, 0.6) is 0 Å². The van der Waals surface area contributed by atoms with Gasteiger partial charge in [0.05, 0.1) is 17.6 Å². The highest BCUT2D eigenvalue weighted by Gasteiger charge is 2.22. The van der Waals surface area contributed by atoms with Crippen molar-refractivity contribution in [3.8, 4) is 5.69 Å². The Morgan fingerprint density at radius 3 is 2.71 bits per heavy atom. The van der Waals surface area contributed by atoms with Crippen molar-refractivity contribution in [1.29, 1.82) is 0 Å². The number of ether oxygens (including phenoxy) is 1. The lowest BCUT2D eigenvalue weighted by molar-refractivity contribution is -0.131. The van der Waals surface area contributed by atoms with Crippen LogP contribution in [0.2, 0.25) is 0 Å². The third-order valence-corrected chi connectivity index (χ3v) is 5.44.